The van der Waals surface area contributed by atoms with Crippen molar-refractivity contribution in [3.63, 3.8) is 0 Å². The van der Waals surface area contributed by atoms with Gasteiger partial charge in [-0.2, -0.15) is 0 Å². The molecule has 0 aliphatic carbocycles. The van der Waals surface area contributed by atoms with E-state index >= 15 is 0 Å². The molecule has 0 radical (unpaired) electrons. The van der Waals surface area contributed by atoms with Crippen molar-refractivity contribution in [1.29, 1.82) is 0 Å². The number of nitrogens with one attached hydrogen (secondary N) is 1. The molecule has 0 aliphatic heterocycles. The number of ether oxygens (including phenoxy) is 2. The van der Waals surface area contributed by atoms with Crippen molar-refractivity contribution in [3.05, 3.63) is 72.1 Å². The van der Waals surface area contributed by atoms with Gasteiger partial charge in [0.15, 0.2) is 6.61 Å². The fraction of sp³-hybridized carbons (Fsp3) is 0.227. The number of hydrogen-bond acceptors (Lipinski definition) is 5. The molecule has 144 valence electrons. The standard InChI is InChI=1S/C22H23N3O3/c1-15(2)20-10-9-19(13-16(20)3)27-14-21(26)25-17-5-7-18(8-6-17)28-22-23-11-4-12-24-22/h4-13,15H,14H2,1-3H3,(H,25,26). The van der Waals surface area contributed by atoms with Crippen molar-refractivity contribution in [2.75, 3.05) is 11.9 Å². The van der Waals surface area contributed by atoms with Crippen molar-refractivity contribution >= 4 is 11.6 Å². The molecule has 3 rings (SSSR count). The lowest BCUT2D eigenvalue weighted by molar-refractivity contribution is -0.118. The van der Waals surface area contributed by atoms with Gasteiger partial charge in [-0.3, -0.25) is 4.79 Å². The summed E-state index contributed by atoms with van der Waals surface area (Å²) in [5.41, 5.74) is 3.09. The molecule has 28 heavy (non-hydrogen) atoms. The van der Waals surface area contributed by atoms with E-state index in [2.05, 4.69) is 29.1 Å². The minimum absolute atomic E-state index is 0.0590. The van der Waals surface area contributed by atoms with Crippen molar-refractivity contribution in [3.8, 4) is 17.5 Å². The van der Waals surface area contributed by atoms with E-state index in [-0.39, 0.29) is 18.5 Å². The lowest BCUT2D eigenvalue weighted by Gasteiger charge is -2.12. The monoisotopic (exact) mass is 377 g/mol. The van der Waals surface area contributed by atoms with Crippen LogP contribution in [0.3, 0.4) is 0 Å². The average Bonchev–Trinajstić information content (AvgIpc) is 2.68. The zero-order valence-corrected chi connectivity index (χ0v) is 16.2. The maximum absolute atomic E-state index is 12.1. The average molecular weight is 377 g/mol. The Hall–Kier alpha value is -3.41. The van der Waals surface area contributed by atoms with Crippen LogP contribution in [-0.2, 0) is 4.79 Å². The highest BCUT2D eigenvalue weighted by Crippen LogP contribution is 2.23. The predicted octanol–water partition coefficient (Wildman–Crippen LogP) is 4.72. The Morgan fingerprint density at radius 1 is 1.04 bits per heavy atom. The zero-order chi connectivity index (χ0) is 19.9. The number of hydrogen-bond donors (Lipinski definition) is 1. The number of carbonyl (C=O) groups excluding carboxylic acids is 1. The van der Waals surface area contributed by atoms with Gasteiger partial charge in [0.2, 0.25) is 0 Å². The summed E-state index contributed by atoms with van der Waals surface area (Å²) >= 11 is 0. The van der Waals surface area contributed by atoms with Gasteiger partial charge in [0.05, 0.1) is 0 Å². The number of aryl methyl sites for hydroxylation is 1. The predicted molar refractivity (Wildman–Crippen MR) is 108 cm³/mol. The highest BCUT2D eigenvalue weighted by Gasteiger charge is 2.08. The van der Waals surface area contributed by atoms with Gasteiger partial charge >= 0.3 is 6.01 Å². The van der Waals surface area contributed by atoms with Gasteiger partial charge in [-0.05, 0) is 66.4 Å². The number of rotatable bonds is 7. The summed E-state index contributed by atoms with van der Waals surface area (Å²) in [6.45, 7) is 6.29. The number of benzene rings is 2. The minimum atomic E-state index is -0.231. The van der Waals surface area contributed by atoms with E-state index in [1.807, 2.05) is 25.1 Å². The van der Waals surface area contributed by atoms with Gasteiger partial charge in [0, 0.05) is 18.1 Å². The third-order valence-electron chi connectivity index (χ3n) is 4.12. The third kappa shape index (κ3) is 5.30. The van der Waals surface area contributed by atoms with Crippen LogP contribution >= 0.6 is 0 Å². The maximum atomic E-state index is 12.1. The molecule has 0 saturated heterocycles. The molecule has 1 N–H and O–H groups in total. The molecule has 0 unspecified atom stereocenters. The summed E-state index contributed by atoms with van der Waals surface area (Å²) in [5.74, 6) is 1.49. The van der Waals surface area contributed by atoms with E-state index in [1.165, 1.54) is 5.56 Å². The Kier molecular flexibility index (Phi) is 6.22. The van der Waals surface area contributed by atoms with Crippen molar-refractivity contribution < 1.29 is 14.3 Å². The van der Waals surface area contributed by atoms with Gasteiger partial charge in [-0.15, -0.1) is 0 Å². The molecular formula is C22H23N3O3. The van der Waals surface area contributed by atoms with Gasteiger partial charge in [0.1, 0.15) is 11.5 Å². The SMILES string of the molecule is Cc1cc(OCC(=O)Nc2ccc(Oc3ncccn3)cc2)ccc1C(C)C. The van der Waals surface area contributed by atoms with E-state index in [0.717, 1.165) is 5.56 Å². The zero-order valence-electron chi connectivity index (χ0n) is 16.2. The van der Waals surface area contributed by atoms with E-state index in [4.69, 9.17) is 9.47 Å². The van der Waals surface area contributed by atoms with Crippen LogP contribution in [0.2, 0.25) is 0 Å². The number of carbonyl (C=O) groups is 1. The molecule has 0 bridgehead atoms. The van der Waals surface area contributed by atoms with Crippen LogP contribution in [-0.4, -0.2) is 22.5 Å². The number of anilines is 1. The normalized spacial score (nSPS) is 10.6. The highest BCUT2D eigenvalue weighted by molar-refractivity contribution is 5.91. The molecule has 1 aromatic heterocycles. The summed E-state index contributed by atoms with van der Waals surface area (Å²) in [7, 11) is 0. The molecule has 6 heteroatoms. The number of amides is 1. The second-order valence-corrected chi connectivity index (χ2v) is 6.67. The van der Waals surface area contributed by atoms with Gasteiger partial charge < -0.3 is 14.8 Å². The van der Waals surface area contributed by atoms with Gasteiger partial charge in [-0.25, -0.2) is 9.97 Å². The molecule has 3 aromatic rings. The van der Waals surface area contributed by atoms with E-state index in [0.29, 0.717) is 23.1 Å². The van der Waals surface area contributed by atoms with Gasteiger partial charge in [-0.1, -0.05) is 19.9 Å². The summed E-state index contributed by atoms with van der Waals surface area (Å²) in [4.78, 5) is 20.1. The highest BCUT2D eigenvalue weighted by atomic mass is 16.5. The second-order valence-electron chi connectivity index (χ2n) is 6.67. The summed E-state index contributed by atoms with van der Waals surface area (Å²) in [5, 5.41) is 2.80. The molecule has 2 aromatic carbocycles. The molecule has 1 heterocycles. The van der Waals surface area contributed by atoms with E-state index in [9.17, 15) is 4.79 Å². The van der Waals surface area contributed by atoms with Crippen LogP contribution < -0.4 is 14.8 Å². The van der Waals surface area contributed by atoms with E-state index < -0.39 is 0 Å². The summed E-state index contributed by atoms with van der Waals surface area (Å²) in [6, 6.07) is 14.9. The topological polar surface area (TPSA) is 73.3 Å². The molecule has 0 atom stereocenters. The molecule has 0 fully saturated rings. The molecule has 0 saturated carbocycles. The first-order valence-electron chi connectivity index (χ1n) is 9.09. The Bertz CT molecular complexity index is 926. The Balaban J connectivity index is 1.51. The van der Waals surface area contributed by atoms with Crippen LogP contribution in [0, 0.1) is 6.92 Å². The number of aromatic nitrogens is 2. The Labute approximate surface area is 164 Å². The molecule has 0 spiro atoms. The third-order valence-corrected chi connectivity index (χ3v) is 4.12. The first kappa shape index (κ1) is 19.4. The van der Waals surface area contributed by atoms with Crippen LogP contribution in [0.4, 0.5) is 5.69 Å². The lowest BCUT2D eigenvalue weighted by atomic mass is 9.98. The molecule has 0 aliphatic rings. The summed E-state index contributed by atoms with van der Waals surface area (Å²) in [6.07, 6.45) is 3.21. The minimum Gasteiger partial charge on any atom is -0.484 e. The van der Waals surface area contributed by atoms with E-state index in [1.54, 1.807) is 42.7 Å². The maximum Gasteiger partial charge on any atom is 0.321 e. The van der Waals surface area contributed by atoms with Crippen molar-refractivity contribution in [2.24, 2.45) is 0 Å². The first-order valence-corrected chi connectivity index (χ1v) is 9.09. The fourth-order valence-electron chi connectivity index (χ4n) is 2.78. The Morgan fingerprint density at radius 2 is 1.71 bits per heavy atom. The van der Waals surface area contributed by atoms with Crippen LogP contribution in [0.1, 0.15) is 30.9 Å². The van der Waals surface area contributed by atoms with Crippen molar-refractivity contribution in [1.82, 2.24) is 9.97 Å². The lowest BCUT2D eigenvalue weighted by Crippen LogP contribution is -2.20. The quantitative estimate of drug-likeness (QED) is 0.645. The van der Waals surface area contributed by atoms with Gasteiger partial charge in [0.25, 0.3) is 5.91 Å². The van der Waals surface area contributed by atoms with Crippen LogP contribution in [0.25, 0.3) is 0 Å². The second kappa shape index (κ2) is 8.99. The molecule has 6 nitrogen and oxygen atoms in total. The van der Waals surface area contributed by atoms with Crippen LogP contribution in [0.5, 0.6) is 17.5 Å². The first-order chi connectivity index (χ1) is 13.5. The number of nitrogens with zero attached hydrogens (tertiary/aromatic N) is 2. The smallest absolute Gasteiger partial charge is 0.321 e. The fourth-order valence-corrected chi connectivity index (χ4v) is 2.78. The van der Waals surface area contributed by atoms with Crippen molar-refractivity contribution in [2.45, 2.75) is 26.7 Å². The largest absolute Gasteiger partial charge is 0.484 e. The summed E-state index contributed by atoms with van der Waals surface area (Å²) < 4.78 is 11.1. The molecule has 1 amide bonds. The Morgan fingerprint density at radius 3 is 2.36 bits per heavy atom. The van der Waals surface area contributed by atoms with Crippen LogP contribution in [0.15, 0.2) is 60.9 Å². The molecular weight excluding hydrogens is 354 g/mol.